The number of rotatable bonds is 5. The zero-order valence-electron chi connectivity index (χ0n) is 9.56. The summed E-state index contributed by atoms with van der Waals surface area (Å²) in [6.45, 7) is 2.80. The number of fused-ring (bicyclic) bond motifs is 1. The van der Waals surface area contributed by atoms with Crippen molar-refractivity contribution in [3.8, 4) is 0 Å². The summed E-state index contributed by atoms with van der Waals surface area (Å²) in [4.78, 5) is 17.5. The Bertz CT molecular complexity index is 535. The number of anilines is 1. The lowest BCUT2D eigenvalue weighted by Gasteiger charge is -2.07. The second kappa shape index (κ2) is 4.82. The van der Waals surface area contributed by atoms with Gasteiger partial charge < -0.3 is 10.3 Å². The van der Waals surface area contributed by atoms with E-state index in [0.717, 1.165) is 24.8 Å². The number of unbranched alkanes of at least 4 members (excludes halogenated alkanes) is 1. The lowest BCUT2D eigenvalue weighted by Crippen LogP contribution is -2.05. The van der Waals surface area contributed by atoms with E-state index >= 15 is 0 Å². The molecule has 0 aliphatic carbocycles. The SMILES string of the molecule is CCCCNc1c([N+](=O)[O-])cnc2[nH]ccc12. The van der Waals surface area contributed by atoms with Crippen LogP contribution >= 0.6 is 0 Å². The Balaban J connectivity index is 2.42. The zero-order chi connectivity index (χ0) is 12.3. The highest BCUT2D eigenvalue weighted by Gasteiger charge is 2.17. The van der Waals surface area contributed by atoms with Crippen molar-refractivity contribution >= 4 is 22.4 Å². The summed E-state index contributed by atoms with van der Waals surface area (Å²) in [6.07, 6.45) is 5.03. The zero-order valence-corrected chi connectivity index (χ0v) is 9.56. The summed E-state index contributed by atoms with van der Waals surface area (Å²) < 4.78 is 0. The van der Waals surface area contributed by atoms with Gasteiger partial charge in [0.1, 0.15) is 17.5 Å². The molecule has 0 aromatic carbocycles. The van der Waals surface area contributed by atoms with Gasteiger partial charge in [-0.25, -0.2) is 4.98 Å². The number of aromatic nitrogens is 2. The minimum atomic E-state index is -0.409. The molecule has 2 rings (SSSR count). The fourth-order valence-electron chi connectivity index (χ4n) is 1.71. The molecule has 0 aliphatic rings. The number of aromatic amines is 1. The van der Waals surface area contributed by atoms with E-state index in [1.165, 1.54) is 6.20 Å². The Morgan fingerprint density at radius 1 is 1.59 bits per heavy atom. The number of nitrogens with zero attached hydrogens (tertiary/aromatic N) is 2. The molecule has 0 bridgehead atoms. The third-order valence-electron chi connectivity index (χ3n) is 2.60. The number of hydrogen-bond donors (Lipinski definition) is 2. The molecule has 0 amide bonds. The maximum Gasteiger partial charge on any atom is 0.311 e. The molecule has 6 nitrogen and oxygen atoms in total. The average Bonchev–Trinajstić information content (AvgIpc) is 2.77. The highest BCUT2D eigenvalue weighted by atomic mass is 16.6. The van der Waals surface area contributed by atoms with Gasteiger partial charge in [0.2, 0.25) is 0 Å². The fraction of sp³-hybridized carbons (Fsp3) is 0.364. The molecule has 2 aromatic heterocycles. The van der Waals surface area contributed by atoms with Crippen LogP contribution in [0.4, 0.5) is 11.4 Å². The van der Waals surface area contributed by atoms with Gasteiger partial charge in [-0.05, 0) is 12.5 Å². The van der Waals surface area contributed by atoms with E-state index in [-0.39, 0.29) is 5.69 Å². The third kappa shape index (κ3) is 2.20. The first-order chi connectivity index (χ1) is 8.24. The van der Waals surface area contributed by atoms with E-state index in [4.69, 9.17) is 0 Å². The van der Waals surface area contributed by atoms with Gasteiger partial charge in [0.15, 0.2) is 0 Å². The van der Waals surface area contributed by atoms with Gasteiger partial charge in [0.25, 0.3) is 0 Å². The predicted molar refractivity (Wildman–Crippen MR) is 66.1 cm³/mol. The topological polar surface area (TPSA) is 83.8 Å². The van der Waals surface area contributed by atoms with Gasteiger partial charge in [0.05, 0.1) is 4.92 Å². The van der Waals surface area contributed by atoms with Crippen LogP contribution in [0.5, 0.6) is 0 Å². The maximum absolute atomic E-state index is 10.9. The van der Waals surface area contributed by atoms with Crippen LogP contribution < -0.4 is 5.32 Å². The first-order valence-corrected chi connectivity index (χ1v) is 5.58. The molecule has 0 spiro atoms. The van der Waals surface area contributed by atoms with Gasteiger partial charge >= 0.3 is 5.69 Å². The van der Waals surface area contributed by atoms with Crippen molar-refractivity contribution in [1.29, 1.82) is 0 Å². The van der Waals surface area contributed by atoms with Crippen LogP contribution in [0.3, 0.4) is 0 Å². The van der Waals surface area contributed by atoms with Crippen LogP contribution in [0.1, 0.15) is 19.8 Å². The molecule has 0 saturated heterocycles. The second-order valence-electron chi connectivity index (χ2n) is 3.80. The minimum absolute atomic E-state index is 0.0215. The Labute approximate surface area is 98.2 Å². The van der Waals surface area contributed by atoms with Crippen LogP contribution in [0, 0.1) is 10.1 Å². The van der Waals surface area contributed by atoms with Crippen molar-refractivity contribution in [3.05, 3.63) is 28.6 Å². The maximum atomic E-state index is 10.9. The molecular formula is C11H14N4O2. The van der Waals surface area contributed by atoms with E-state index in [0.29, 0.717) is 11.3 Å². The number of nitro groups is 1. The minimum Gasteiger partial charge on any atom is -0.379 e. The Morgan fingerprint density at radius 3 is 3.12 bits per heavy atom. The molecule has 17 heavy (non-hydrogen) atoms. The summed E-state index contributed by atoms with van der Waals surface area (Å²) in [5, 5.41) is 14.8. The van der Waals surface area contributed by atoms with E-state index in [1.807, 2.05) is 0 Å². The van der Waals surface area contributed by atoms with E-state index in [1.54, 1.807) is 12.3 Å². The van der Waals surface area contributed by atoms with Gasteiger partial charge in [-0.1, -0.05) is 13.3 Å². The van der Waals surface area contributed by atoms with Crippen molar-refractivity contribution in [1.82, 2.24) is 9.97 Å². The van der Waals surface area contributed by atoms with Crippen molar-refractivity contribution in [3.63, 3.8) is 0 Å². The summed E-state index contributed by atoms with van der Waals surface area (Å²) in [5.41, 5.74) is 1.23. The molecule has 2 heterocycles. The second-order valence-corrected chi connectivity index (χ2v) is 3.80. The van der Waals surface area contributed by atoms with E-state index < -0.39 is 4.92 Å². The first kappa shape index (κ1) is 11.4. The molecule has 0 aliphatic heterocycles. The van der Waals surface area contributed by atoms with Crippen LogP contribution in [0.25, 0.3) is 11.0 Å². The first-order valence-electron chi connectivity index (χ1n) is 5.58. The van der Waals surface area contributed by atoms with E-state index in [2.05, 4.69) is 22.2 Å². The smallest absolute Gasteiger partial charge is 0.311 e. The molecule has 0 unspecified atom stereocenters. The van der Waals surface area contributed by atoms with Gasteiger partial charge in [-0.15, -0.1) is 0 Å². The molecule has 0 radical (unpaired) electrons. The molecule has 0 fully saturated rings. The van der Waals surface area contributed by atoms with Crippen LogP contribution in [-0.4, -0.2) is 21.4 Å². The molecule has 2 N–H and O–H groups in total. The standard InChI is InChI=1S/C11H14N4O2/c1-2-3-5-12-10-8-4-6-13-11(8)14-7-9(10)15(16)17/h4,6-7H,2-3,5H2,1H3,(H2,12,13,14). The van der Waals surface area contributed by atoms with Crippen LogP contribution in [0.2, 0.25) is 0 Å². The largest absolute Gasteiger partial charge is 0.379 e. The Morgan fingerprint density at radius 2 is 2.41 bits per heavy atom. The Kier molecular flexibility index (Phi) is 3.22. The quantitative estimate of drug-likeness (QED) is 0.473. The van der Waals surface area contributed by atoms with Crippen molar-refractivity contribution in [2.24, 2.45) is 0 Å². The van der Waals surface area contributed by atoms with Crippen molar-refractivity contribution in [2.45, 2.75) is 19.8 Å². The Hall–Kier alpha value is -2.11. The molecule has 0 atom stereocenters. The number of pyridine rings is 1. The van der Waals surface area contributed by atoms with Gasteiger partial charge in [-0.2, -0.15) is 0 Å². The monoisotopic (exact) mass is 234 g/mol. The number of H-pyrrole nitrogens is 1. The van der Waals surface area contributed by atoms with Crippen LogP contribution in [-0.2, 0) is 0 Å². The van der Waals surface area contributed by atoms with Gasteiger partial charge in [0, 0.05) is 18.1 Å². The molecular weight excluding hydrogens is 220 g/mol. The normalized spacial score (nSPS) is 10.6. The van der Waals surface area contributed by atoms with Crippen molar-refractivity contribution in [2.75, 3.05) is 11.9 Å². The lowest BCUT2D eigenvalue weighted by atomic mass is 10.2. The van der Waals surface area contributed by atoms with Gasteiger partial charge in [-0.3, -0.25) is 10.1 Å². The van der Waals surface area contributed by atoms with Crippen molar-refractivity contribution < 1.29 is 4.92 Å². The summed E-state index contributed by atoms with van der Waals surface area (Å²) in [5.74, 6) is 0. The summed E-state index contributed by atoms with van der Waals surface area (Å²) >= 11 is 0. The molecule has 2 aromatic rings. The third-order valence-corrected chi connectivity index (χ3v) is 2.60. The highest BCUT2D eigenvalue weighted by Crippen LogP contribution is 2.30. The summed E-state index contributed by atoms with van der Waals surface area (Å²) in [6, 6.07) is 1.80. The highest BCUT2D eigenvalue weighted by molar-refractivity contribution is 5.94. The van der Waals surface area contributed by atoms with E-state index in [9.17, 15) is 10.1 Å². The predicted octanol–water partition coefficient (Wildman–Crippen LogP) is 2.68. The molecule has 0 saturated carbocycles. The average molecular weight is 234 g/mol. The number of hydrogen-bond acceptors (Lipinski definition) is 4. The molecule has 90 valence electrons. The fourth-order valence-corrected chi connectivity index (χ4v) is 1.71. The summed E-state index contributed by atoms with van der Waals surface area (Å²) in [7, 11) is 0. The lowest BCUT2D eigenvalue weighted by molar-refractivity contribution is -0.384. The van der Waals surface area contributed by atoms with Crippen LogP contribution in [0.15, 0.2) is 18.5 Å². The number of nitrogens with one attached hydrogen (secondary N) is 2. The molecule has 6 heteroatoms.